The summed E-state index contributed by atoms with van der Waals surface area (Å²) in [6.45, 7) is 7.79. The van der Waals surface area contributed by atoms with Gasteiger partial charge in [0.25, 0.3) is 0 Å². The lowest BCUT2D eigenvalue weighted by Crippen LogP contribution is -2.41. The lowest BCUT2D eigenvalue weighted by atomic mass is 10.1. The van der Waals surface area contributed by atoms with Crippen LogP contribution in [0.25, 0.3) is 10.8 Å². The van der Waals surface area contributed by atoms with Crippen molar-refractivity contribution >= 4 is 26.9 Å². The second kappa shape index (κ2) is 7.09. The zero-order valence-electron chi connectivity index (χ0n) is 16.0. The average Bonchev–Trinajstić information content (AvgIpc) is 3.02. The zero-order valence-corrected chi connectivity index (χ0v) is 16.8. The number of hydrogen-bond donors (Lipinski definition) is 1. The van der Waals surface area contributed by atoms with E-state index in [4.69, 9.17) is 4.74 Å². The molecule has 0 aliphatic carbocycles. The summed E-state index contributed by atoms with van der Waals surface area (Å²) in [5, 5.41) is 4.24. The van der Waals surface area contributed by atoms with Crippen LogP contribution in [0.4, 0.5) is 4.79 Å². The molecule has 1 saturated heterocycles. The van der Waals surface area contributed by atoms with Crippen LogP contribution in [-0.4, -0.2) is 48.5 Å². The topological polar surface area (TPSA) is 88.6 Å². The predicted octanol–water partition coefficient (Wildman–Crippen LogP) is 2.83. The predicted molar refractivity (Wildman–Crippen MR) is 103 cm³/mol. The zero-order chi connectivity index (χ0) is 19.8. The van der Waals surface area contributed by atoms with Crippen molar-refractivity contribution < 1.29 is 17.9 Å². The molecule has 1 amide bonds. The van der Waals surface area contributed by atoms with Crippen LogP contribution in [-0.2, 0) is 14.8 Å². The van der Waals surface area contributed by atoms with Gasteiger partial charge in [-0.3, -0.25) is 4.98 Å². The minimum absolute atomic E-state index is 0.224. The Balaban J connectivity index is 1.81. The quantitative estimate of drug-likeness (QED) is 0.869. The monoisotopic (exact) mass is 391 g/mol. The van der Waals surface area contributed by atoms with Gasteiger partial charge < -0.3 is 10.1 Å². The summed E-state index contributed by atoms with van der Waals surface area (Å²) >= 11 is 0. The first-order chi connectivity index (χ1) is 12.6. The van der Waals surface area contributed by atoms with Gasteiger partial charge in [0.15, 0.2) is 0 Å². The minimum Gasteiger partial charge on any atom is -0.444 e. The van der Waals surface area contributed by atoms with Gasteiger partial charge in [-0.25, -0.2) is 13.2 Å². The van der Waals surface area contributed by atoms with Crippen molar-refractivity contribution in [1.29, 1.82) is 0 Å². The summed E-state index contributed by atoms with van der Waals surface area (Å²) in [4.78, 5) is 16.4. The van der Waals surface area contributed by atoms with E-state index in [9.17, 15) is 13.2 Å². The molecule has 1 aliphatic rings. The van der Waals surface area contributed by atoms with Crippen LogP contribution in [0.3, 0.4) is 0 Å². The van der Waals surface area contributed by atoms with Crippen LogP contribution in [0.5, 0.6) is 0 Å². The number of amides is 1. The molecular formula is C19H25N3O4S. The molecule has 1 aliphatic heterocycles. The van der Waals surface area contributed by atoms with E-state index < -0.39 is 21.7 Å². The number of fused-ring (bicyclic) bond motifs is 1. The number of rotatable bonds is 3. The number of nitrogens with one attached hydrogen (secondary N) is 1. The Morgan fingerprint density at radius 2 is 2.04 bits per heavy atom. The molecule has 1 N–H and O–H groups in total. The molecule has 1 aromatic carbocycles. The van der Waals surface area contributed by atoms with Gasteiger partial charge in [-0.2, -0.15) is 4.31 Å². The van der Waals surface area contributed by atoms with Crippen LogP contribution in [0.2, 0.25) is 0 Å². The van der Waals surface area contributed by atoms with Gasteiger partial charge in [-0.05, 0) is 45.7 Å². The van der Waals surface area contributed by atoms with E-state index in [1.165, 1.54) is 4.31 Å². The summed E-state index contributed by atoms with van der Waals surface area (Å²) in [5.74, 6) is 0. The normalized spacial score (nSPS) is 18.6. The first-order valence-electron chi connectivity index (χ1n) is 8.91. The highest BCUT2D eigenvalue weighted by atomic mass is 32.2. The van der Waals surface area contributed by atoms with Gasteiger partial charge in [0.2, 0.25) is 10.0 Å². The number of carbonyl (C=O) groups is 1. The Morgan fingerprint density at radius 3 is 2.74 bits per heavy atom. The van der Waals surface area contributed by atoms with Crippen LogP contribution in [0.15, 0.2) is 35.5 Å². The van der Waals surface area contributed by atoms with Crippen LogP contribution < -0.4 is 5.32 Å². The number of sulfonamides is 1. The maximum atomic E-state index is 13.2. The van der Waals surface area contributed by atoms with Crippen LogP contribution >= 0.6 is 0 Å². The molecular weight excluding hydrogens is 366 g/mol. The molecule has 0 unspecified atom stereocenters. The van der Waals surface area contributed by atoms with Gasteiger partial charge in [0, 0.05) is 42.3 Å². The first kappa shape index (κ1) is 19.6. The second-order valence-electron chi connectivity index (χ2n) is 7.81. The molecule has 8 heteroatoms. The number of aryl methyl sites for hydroxylation is 1. The molecule has 146 valence electrons. The summed E-state index contributed by atoms with van der Waals surface area (Å²) in [6.07, 6.45) is 3.35. The summed E-state index contributed by atoms with van der Waals surface area (Å²) in [5.41, 5.74) is 0.220. The van der Waals surface area contributed by atoms with Crippen LogP contribution in [0.1, 0.15) is 32.8 Å². The van der Waals surface area contributed by atoms with Crippen molar-refractivity contribution in [3.8, 4) is 0 Å². The highest BCUT2D eigenvalue weighted by Gasteiger charge is 2.35. The number of carbonyl (C=O) groups excluding carboxylic acids is 1. The smallest absolute Gasteiger partial charge is 0.407 e. The molecule has 1 fully saturated rings. The lowest BCUT2D eigenvalue weighted by molar-refractivity contribution is 0.0507. The number of aromatic nitrogens is 1. The second-order valence-corrected chi connectivity index (χ2v) is 9.71. The summed E-state index contributed by atoms with van der Waals surface area (Å²) < 4.78 is 33.1. The highest BCUT2D eigenvalue weighted by Crippen LogP contribution is 2.29. The molecule has 1 aromatic heterocycles. The third-order valence-corrected chi connectivity index (χ3v) is 6.33. The van der Waals surface area contributed by atoms with Crippen molar-refractivity contribution in [2.75, 3.05) is 13.1 Å². The maximum absolute atomic E-state index is 13.2. The van der Waals surface area contributed by atoms with Crippen LogP contribution in [0, 0.1) is 6.92 Å². The number of pyridine rings is 1. The van der Waals surface area contributed by atoms with Gasteiger partial charge in [-0.1, -0.05) is 12.1 Å². The summed E-state index contributed by atoms with van der Waals surface area (Å²) in [6, 6.07) is 4.93. The first-order valence-corrected chi connectivity index (χ1v) is 10.3. The van der Waals surface area contributed by atoms with Crippen molar-refractivity contribution in [2.24, 2.45) is 0 Å². The maximum Gasteiger partial charge on any atom is 0.407 e. The van der Waals surface area contributed by atoms with Gasteiger partial charge in [-0.15, -0.1) is 0 Å². The van der Waals surface area contributed by atoms with E-state index >= 15 is 0 Å². The molecule has 7 nitrogen and oxygen atoms in total. The number of benzene rings is 1. The van der Waals surface area contributed by atoms with E-state index in [0.29, 0.717) is 18.4 Å². The number of ether oxygens (including phenoxy) is 1. The SMILES string of the molecule is Cc1cncc2cccc(S(=O)(=O)N3CC[C@@H](NC(=O)OC(C)(C)C)C3)c12. The number of alkyl carbamates (subject to hydrolysis) is 1. The average molecular weight is 391 g/mol. The van der Waals surface area contributed by atoms with Gasteiger partial charge >= 0.3 is 6.09 Å². The van der Waals surface area contributed by atoms with Crippen molar-refractivity contribution in [2.45, 2.75) is 50.7 Å². The third-order valence-electron chi connectivity index (χ3n) is 4.42. The van der Waals surface area contributed by atoms with E-state index in [-0.39, 0.29) is 17.5 Å². The lowest BCUT2D eigenvalue weighted by Gasteiger charge is -2.22. The molecule has 2 aromatic rings. The van der Waals surface area contributed by atoms with Crippen molar-refractivity contribution in [1.82, 2.24) is 14.6 Å². The Labute approximate surface area is 159 Å². The van der Waals surface area contributed by atoms with E-state index in [1.807, 2.05) is 13.0 Å². The molecule has 3 rings (SSSR count). The molecule has 0 saturated carbocycles. The third kappa shape index (κ3) is 4.22. The standard InChI is InChI=1S/C19H25N3O4S/c1-13-10-20-11-14-6-5-7-16(17(13)14)27(24,25)22-9-8-15(12-22)21-18(23)26-19(2,3)4/h5-7,10-11,15H,8-9,12H2,1-4H3,(H,21,23)/t15-/m1/s1. The fraction of sp³-hybridized carbons (Fsp3) is 0.474. The number of nitrogens with zero attached hydrogens (tertiary/aromatic N) is 2. The van der Waals surface area contributed by atoms with E-state index in [0.717, 1.165) is 10.9 Å². The molecule has 0 radical (unpaired) electrons. The fourth-order valence-electron chi connectivity index (χ4n) is 3.26. The largest absolute Gasteiger partial charge is 0.444 e. The Hall–Kier alpha value is -2.19. The Morgan fingerprint density at radius 1 is 1.30 bits per heavy atom. The number of hydrogen-bond acceptors (Lipinski definition) is 5. The van der Waals surface area contributed by atoms with Crippen molar-refractivity contribution in [3.05, 3.63) is 36.2 Å². The highest BCUT2D eigenvalue weighted by molar-refractivity contribution is 7.89. The minimum atomic E-state index is -3.68. The molecule has 0 spiro atoms. The fourth-order valence-corrected chi connectivity index (χ4v) is 5.05. The molecule has 2 heterocycles. The molecule has 0 bridgehead atoms. The molecule has 27 heavy (non-hydrogen) atoms. The Bertz CT molecular complexity index is 961. The Kier molecular flexibility index (Phi) is 5.14. The van der Waals surface area contributed by atoms with Gasteiger partial charge in [0.1, 0.15) is 5.60 Å². The van der Waals surface area contributed by atoms with Crippen molar-refractivity contribution in [3.63, 3.8) is 0 Å². The molecule has 1 atom stereocenters. The summed E-state index contributed by atoms with van der Waals surface area (Å²) in [7, 11) is -3.68. The van der Waals surface area contributed by atoms with E-state index in [1.54, 1.807) is 45.3 Å². The van der Waals surface area contributed by atoms with E-state index in [2.05, 4.69) is 10.3 Å². The van der Waals surface area contributed by atoms with Gasteiger partial charge in [0.05, 0.1) is 4.90 Å².